The maximum Gasteiger partial charge on any atom is 0.183 e. The van der Waals surface area contributed by atoms with Gasteiger partial charge in [0.15, 0.2) is 11.6 Å². The van der Waals surface area contributed by atoms with Gasteiger partial charge < -0.3 is 9.64 Å². The lowest BCUT2D eigenvalue weighted by molar-refractivity contribution is 0.287. The molecule has 0 amide bonds. The van der Waals surface area contributed by atoms with Crippen molar-refractivity contribution in [3.05, 3.63) is 18.1 Å². The van der Waals surface area contributed by atoms with Crippen LogP contribution in [0.2, 0.25) is 0 Å². The smallest absolute Gasteiger partial charge is 0.183 e. The van der Waals surface area contributed by atoms with Gasteiger partial charge >= 0.3 is 0 Å². The molecule has 3 nitrogen and oxygen atoms in total. The van der Waals surface area contributed by atoms with Gasteiger partial charge in [-0.1, -0.05) is 0 Å². The van der Waals surface area contributed by atoms with Gasteiger partial charge in [0.05, 0.1) is 12.3 Å². The summed E-state index contributed by atoms with van der Waals surface area (Å²) in [5.74, 6) is 0.635. The molecule has 0 spiro atoms. The van der Waals surface area contributed by atoms with Crippen LogP contribution in [-0.4, -0.2) is 25.2 Å². The monoisotopic (exact) mass is 196 g/mol. The molecule has 1 aliphatic rings. The lowest BCUT2D eigenvalue weighted by Gasteiger charge is -2.13. The van der Waals surface area contributed by atoms with Crippen molar-refractivity contribution in [1.82, 2.24) is 4.98 Å². The van der Waals surface area contributed by atoms with Crippen LogP contribution >= 0.6 is 0 Å². The van der Waals surface area contributed by atoms with Crippen molar-refractivity contribution in [2.45, 2.75) is 18.9 Å². The zero-order valence-electron chi connectivity index (χ0n) is 8.33. The molecular weight excluding hydrogens is 183 g/mol. The summed E-state index contributed by atoms with van der Waals surface area (Å²) in [4.78, 5) is 5.76. The molecule has 1 heterocycles. The standard InChI is InChI=1S/C10H13FN2O/c1-13(2)10-5-9(8(11)6-12-10)14-7-3-4-7/h5-7H,3-4H2,1-2H3. The van der Waals surface area contributed by atoms with Gasteiger partial charge in [-0.15, -0.1) is 0 Å². The molecule has 4 heteroatoms. The Kier molecular flexibility index (Phi) is 2.27. The summed E-state index contributed by atoms with van der Waals surface area (Å²) in [6.45, 7) is 0. The van der Waals surface area contributed by atoms with Crippen LogP contribution in [0.4, 0.5) is 10.2 Å². The fourth-order valence-electron chi connectivity index (χ4n) is 1.11. The van der Waals surface area contributed by atoms with Gasteiger partial charge in [-0.25, -0.2) is 9.37 Å². The van der Waals surface area contributed by atoms with Gasteiger partial charge in [-0.05, 0) is 12.8 Å². The predicted molar refractivity (Wildman–Crippen MR) is 52.2 cm³/mol. The molecule has 1 aromatic heterocycles. The SMILES string of the molecule is CN(C)c1cc(OC2CC2)c(F)cn1. The van der Waals surface area contributed by atoms with E-state index in [9.17, 15) is 4.39 Å². The Morgan fingerprint density at radius 2 is 2.21 bits per heavy atom. The molecule has 1 aliphatic carbocycles. The summed E-state index contributed by atoms with van der Waals surface area (Å²) in [7, 11) is 3.72. The number of pyridine rings is 1. The molecule has 0 saturated heterocycles. The Morgan fingerprint density at radius 3 is 2.79 bits per heavy atom. The summed E-state index contributed by atoms with van der Waals surface area (Å²) in [5, 5.41) is 0. The van der Waals surface area contributed by atoms with Crippen LogP contribution in [0.25, 0.3) is 0 Å². The van der Waals surface area contributed by atoms with Crippen LogP contribution < -0.4 is 9.64 Å². The third kappa shape index (κ3) is 1.95. The second-order valence-corrected chi connectivity index (χ2v) is 3.68. The van der Waals surface area contributed by atoms with Gasteiger partial charge in [-0.2, -0.15) is 0 Å². The van der Waals surface area contributed by atoms with Crippen molar-refractivity contribution in [2.75, 3.05) is 19.0 Å². The minimum Gasteiger partial charge on any atom is -0.487 e. The lowest BCUT2D eigenvalue weighted by Crippen LogP contribution is -2.11. The van der Waals surface area contributed by atoms with Crippen LogP contribution in [0.5, 0.6) is 5.75 Å². The molecule has 0 unspecified atom stereocenters. The lowest BCUT2D eigenvalue weighted by atomic mass is 10.4. The molecule has 1 aromatic rings. The van der Waals surface area contributed by atoms with Gasteiger partial charge in [0.25, 0.3) is 0 Å². The number of hydrogen-bond acceptors (Lipinski definition) is 3. The molecular formula is C10H13FN2O. The van der Waals surface area contributed by atoms with Crippen LogP contribution in [0.1, 0.15) is 12.8 Å². The van der Waals surface area contributed by atoms with Crippen LogP contribution in [0.3, 0.4) is 0 Å². The third-order valence-corrected chi connectivity index (χ3v) is 2.08. The third-order valence-electron chi connectivity index (χ3n) is 2.08. The van der Waals surface area contributed by atoms with Crippen molar-refractivity contribution in [1.29, 1.82) is 0 Å². The van der Waals surface area contributed by atoms with Crippen molar-refractivity contribution < 1.29 is 9.13 Å². The fourth-order valence-corrected chi connectivity index (χ4v) is 1.11. The summed E-state index contributed by atoms with van der Waals surface area (Å²) in [5.41, 5.74) is 0. The average molecular weight is 196 g/mol. The number of aromatic nitrogens is 1. The molecule has 0 atom stereocenters. The van der Waals surface area contributed by atoms with Gasteiger partial charge in [-0.3, -0.25) is 0 Å². The van der Waals surface area contributed by atoms with E-state index in [1.807, 2.05) is 19.0 Å². The Balaban J connectivity index is 2.21. The van der Waals surface area contributed by atoms with Crippen molar-refractivity contribution in [3.8, 4) is 5.75 Å². The number of rotatable bonds is 3. The average Bonchev–Trinajstić information content (AvgIpc) is 2.92. The molecule has 0 aliphatic heterocycles. The van der Waals surface area contributed by atoms with E-state index in [4.69, 9.17) is 4.74 Å². The number of halogens is 1. The van der Waals surface area contributed by atoms with E-state index in [2.05, 4.69) is 4.98 Å². The first-order valence-electron chi connectivity index (χ1n) is 4.66. The topological polar surface area (TPSA) is 25.4 Å². The molecule has 2 rings (SSSR count). The van der Waals surface area contributed by atoms with Crippen molar-refractivity contribution in [2.24, 2.45) is 0 Å². The second kappa shape index (κ2) is 3.44. The highest BCUT2D eigenvalue weighted by molar-refractivity contribution is 5.42. The molecule has 14 heavy (non-hydrogen) atoms. The van der Waals surface area contributed by atoms with E-state index < -0.39 is 0 Å². The van der Waals surface area contributed by atoms with E-state index in [0.29, 0.717) is 11.6 Å². The first-order chi connectivity index (χ1) is 6.66. The van der Waals surface area contributed by atoms with Crippen molar-refractivity contribution in [3.63, 3.8) is 0 Å². The first kappa shape index (κ1) is 9.24. The summed E-state index contributed by atoms with van der Waals surface area (Å²) in [6.07, 6.45) is 3.47. The minimum atomic E-state index is -0.387. The van der Waals surface area contributed by atoms with E-state index in [1.54, 1.807) is 6.07 Å². The maximum atomic E-state index is 13.2. The fraction of sp³-hybridized carbons (Fsp3) is 0.500. The molecule has 0 bridgehead atoms. The van der Waals surface area contributed by atoms with Crippen LogP contribution in [0.15, 0.2) is 12.3 Å². The molecule has 0 aromatic carbocycles. The highest BCUT2D eigenvalue weighted by atomic mass is 19.1. The van der Waals surface area contributed by atoms with Gasteiger partial charge in [0, 0.05) is 20.2 Å². The number of hydrogen-bond donors (Lipinski definition) is 0. The Labute approximate surface area is 82.5 Å². The largest absolute Gasteiger partial charge is 0.487 e. The van der Waals surface area contributed by atoms with E-state index in [-0.39, 0.29) is 11.9 Å². The quantitative estimate of drug-likeness (QED) is 0.737. The van der Waals surface area contributed by atoms with E-state index >= 15 is 0 Å². The molecule has 1 saturated carbocycles. The Hall–Kier alpha value is -1.32. The summed E-state index contributed by atoms with van der Waals surface area (Å²) >= 11 is 0. The Morgan fingerprint density at radius 1 is 1.50 bits per heavy atom. The minimum absolute atomic E-state index is 0.210. The number of nitrogens with zero attached hydrogens (tertiary/aromatic N) is 2. The molecule has 76 valence electrons. The zero-order chi connectivity index (χ0) is 10.1. The van der Waals surface area contributed by atoms with E-state index in [0.717, 1.165) is 12.8 Å². The number of anilines is 1. The maximum absolute atomic E-state index is 13.2. The summed E-state index contributed by atoms with van der Waals surface area (Å²) in [6, 6.07) is 1.63. The Bertz CT molecular complexity index is 337. The van der Waals surface area contributed by atoms with Crippen molar-refractivity contribution >= 4 is 5.82 Å². The van der Waals surface area contributed by atoms with Crippen LogP contribution in [-0.2, 0) is 0 Å². The van der Waals surface area contributed by atoms with Gasteiger partial charge in [0.2, 0.25) is 0 Å². The highest BCUT2D eigenvalue weighted by Gasteiger charge is 2.25. The van der Waals surface area contributed by atoms with E-state index in [1.165, 1.54) is 6.20 Å². The van der Waals surface area contributed by atoms with Gasteiger partial charge in [0.1, 0.15) is 5.82 Å². The van der Waals surface area contributed by atoms with Crippen LogP contribution in [0, 0.1) is 5.82 Å². The molecule has 1 fully saturated rings. The molecule has 0 N–H and O–H groups in total. The predicted octanol–water partition coefficient (Wildman–Crippen LogP) is 1.83. The molecule has 0 radical (unpaired) electrons. The number of ether oxygens (including phenoxy) is 1. The normalized spacial score (nSPS) is 15.4. The highest BCUT2D eigenvalue weighted by Crippen LogP contribution is 2.29. The first-order valence-corrected chi connectivity index (χ1v) is 4.66. The summed E-state index contributed by atoms with van der Waals surface area (Å²) < 4.78 is 18.6. The second-order valence-electron chi connectivity index (χ2n) is 3.68. The zero-order valence-corrected chi connectivity index (χ0v) is 8.33.